The van der Waals surface area contributed by atoms with E-state index in [4.69, 9.17) is 4.74 Å². The van der Waals surface area contributed by atoms with Gasteiger partial charge < -0.3 is 4.74 Å². The number of nitrogens with zero attached hydrogens (tertiary/aromatic N) is 2. The van der Waals surface area contributed by atoms with Crippen molar-refractivity contribution in [1.29, 1.82) is 0 Å². The number of nitro benzene ring substituents is 1. The first-order valence-corrected chi connectivity index (χ1v) is 10.3. The van der Waals surface area contributed by atoms with Gasteiger partial charge in [-0.25, -0.2) is 10.2 Å². The number of nitro groups is 1. The number of esters is 1. The number of carbonyl (C=O) groups excluding carboxylic acids is 2. The summed E-state index contributed by atoms with van der Waals surface area (Å²) in [6.45, 7) is 1.89. The van der Waals surface area contributed by atoms with E-state index in [-0.39, 0.29) is 11.3 Å². The Hall–Kier alpha value is -4.85. The van der Waals surface area contributed by atoms with E-state index < -0.39 is 16.8 Å². The number of fused-ring (bicyclic) bond motifs is 1. The summed E-state index contributed by atoms with van der Waals surface area (Å²) in [6, 6.07) is 23.3. The average Bonchev–Trinajstić information content (AvgIpc) is 2.85. The van der Waals surface area contributed by atoms with Gasteiger partial charge in [0.05, 0.1) is 16.7 Å². The quantitative estimate of drug-likeness (QED) is 0.145. The Kier molecular flexibility index (Phi) is 6.40. The number of rotatable bonds is 6. The highest BCUT2D eigenvalue weighted by Gasteiger charge is 2.14. The van der Waals surface area contributed by atoms with Gasteiger partial charge in [-0.2, -0.15) is 5.10 Å². The van der Waals surface area contributed by atoms with Crippen molar-refractivity contribution < 1.29 is 19.2 Å². The summed E-state index contributed by atoms with van der Waals surface area (Å²) >= 11 is 0. The van der Waals surface area contributed by atoms with E-state index in [1.165, 1.54) is 30.5 Å². The molecule has 0 heterocycles. The van der Waals surface area contributed by atoms with Crippen molar-refractivity contribution in [3.63, 3.8) is 0 Å². The fraction of sp³-hybridized carbons (Fsp3) is 0.0385. The fourth-order valence-corrected chi connectivity index (χ4v) is 3.38. The first-order valence-electron chi connectivity index (χ1n) is 10.3. The number of nitrogens with one attached hydrogen (secondary N) is 1. The van der Waals surface area contributed by atoms with Gasteiger partial charge in [-0.3, -0.25) is 14.9 Å². The van der Waals surface area contributed by atoms with Crippen LogP contribution in [0.2, 0.25) is 0 Å². The van der Waals surface area contributed by atoms with Gasteiger partial charge in [0, 0.05) is 23.3 Å². The molecule has 0 saturated carbocycles. The highest BCUT2D eigenvalue weighted by molar-refractivity contribution is 6.04. The fourth-order valence-electron chi connectivity index (χ4n) is 3.38. The zero-order valence-electron chi connectivity index (χ0n) is 18.1. The molecule has 4 aromatic carbocycles. The lowest BCUT2D eigenvalue weighted by atomic mass is 10.0. The Bertz CT molecular complexity index is 1430. The second kappa shape index (κ2) is 9.74. The molecule has 0 aliphatic heterocycles. The minimum atomic E-state index is -0.542. The summed E-state index contributed by atoms with van der Waals surface area (Å²) in [5.41, 5.74) is 4.37. The standard InChI is InChI=1S/C26H19N3O5/c1-17-5-4-7-20(15-17)26(31)34-24-14-11-18-6-2-3-8-22(18)23(24)16-27-28-25(30)19-9-12-21(13-10-19)29(32)33/h2-16H,1H3,(H,28,30)/b27-16-. The van der Waals surface area contributed by atoms with Crippen LogP contribution in [0.5, 0.6) is 5.75 Å². The molecule has 1 N–H and O–H groups in total. The van der Waals surface area contributed by atoms with Gasteiger partial charge in [-0.1, -0.05) is 48.0 Å². The van der Waals surface area contributed by atoms with Crippen LogP contribution >= 0.6 is 0 Å². The van der Waals surface area contributed by atoms with Crippen molar-refractivity contribution in [3.05, 3.63) is 117 Å². The van der Waals surface area contributed by atoms with E-state index in [2.05, 4.69) is 10.5 Å². The highest BCUT2D eigenvalue weighted by Crippen LogP contribution is 2.27. The molecule has 0 aromatic heterocycles. The number of carbonyl (C=O) groups is 2. The first-order chi connectivity index (χ1) is 16.4. The maximum atomic E-state index is 12.7. The summed E-state index contributed by atoms with van der Waals surface area (Å²) in [5, 5.41) is 16.5. The van der Waals surface area contributed by atoms with Crippen LogP contribution in [0.1, 0.15) is 31.8 Å². The van der Waals surface area contributed by atoms with Crippen LogP contribution in [0.3, 0.4) is 0 Å². The molecule has 0 radical (unpaired) electrons. The van der Waals surface area contributed by atoms with E-state index in [9.17, 15) is 19.7 Å². The molecule has 0 aliphatic carbocycles. The van der Waals surface area contributed by atoms with Crippen LogP contribution in [0.25, 0.3) is 10.8 Å². The maximum absolute atomic E-state index is 12.7. The van der Waals surface area contributed by atoms with Crippen molar-refractivity contribution >= 4 is 34.6 Å². The molecule has 4 rings (SSSR count). The summed E-state index contributed by atoms with van der Waals surface area (Å²) in [7, 11) is 0. The molecule has 0 spiro atoms. The molecule has 168 valence electrons. The third-order valence-electron chi connectivity index (χ3n) is 5.09. The number of hydrogen-bond acceptors (Lipinski definition) is 6. The van der Waals surface area contributed by atoms with Gasteiger partial charge in [0.15, 0.2) is 0 Å². The van der Waals surface area contributed by atoms with Crippen molar-refractivity contribution in [2.45, 2.75) is 6.92 Å². The molecule has 4 aromatic rings. The molecular formula is C26H19N3O5. The minimum Gasteiger partial charge on any atom is -0.422 e. The van der Waals surface area contributed by atoms with E-state index in [0.29, 0.717) is 16.9 Å². The maximum Gasteiger partial charge on any atom is 0.343 e. The van der Waals surface area contributed by atoms with Crippen LogP contribution in [0.15, 0.2) is 90.0 Å². The van der Waals surface area contributed by atoms with Gasteiger partial charge in [-0.05, 0) is 48.0 Å². The normalized spacial score (nSPS) is 10.9. The predicted molar refractivity (Wildman–Crippen MR) is 128 cm³/mol. The van der Waals surface area contributed by atoms with Crippen LogP contribution in [0.4, 0.5) is 5.69 Å². The Balaban J connectivity index is 1.60. The predicted octanol–water partition coefficient (Wildman–Crippen LogP) is 5.04. The van der Waals surface area contributed by atoms with Crippen molar-refractivity contribution in [2.75, 3.05) is 0 Å². The van der Waals surface area contributed by atoms with Crippen molar-refractivity contribution in [3.8, 4) is 5.75 Å². The molecular weight excluding hydrogens is 434 g/mol. The number of hydrazone groups is 1. The van der Waals surface area contributed by atoms with Gasteiger partial charge in [0.25, 0.3) is 11.6 Å². The molecule has 0 bridgehead atoms. The van der Waals surface area contributed by atoms with Gasteiger partial charge >= 0.3 is 5.97 Å². The van der Waals surface area contributed by atoms with Gasteiger partial charge in [-0.15, -0.1) is 0 Å². The monoisotopic (exact) mass is 453 g/mol. The lowest BCUT2D eigenvalue weighted by molar-refractivity contribution is -0.384. The first kappa shape index (κ1) is 22.3. The second-order valence-electron chi connectivity index (χ2n) is 7.46. The smallest absolute Gasteiger partial charge is 0.343 e. The van der Waals surface area contributed by atoms with E-state index in [1.807, 2.05) is 43.3 Å². The van der Waals surface area contributed by atoms with Crippen LogP contribution in [-0.4, -0.2) is 23.0 Å². The Morgan fingerprint density at radius 2 is 1.71 bits per heavy atom. The average molecular weight is 453 g/mol. The summed E-state index contributed by atoms with van der Waals surface area (Å²) in [4.78, 5) is 35.3. The van der Waals surface area contributed by atoms with Crippen LogP contribution in [-0.2, 0) is 0 Å². The SMILES string of the molecule is Cc1cccc(C(=O)Oc2ccc3ccccc3c2/C=N\NC(=O)c2ccc([N+](=O)[O-])cc2)c1. The molecule has 8 heteroatoms. The number of amides is 1. The molecule has 34 heavy (non-hydrogen) atoms. The third-order valence-corrected chi connectivity index (χ3v) is 5.09. The Labute approximate surface area is 194 Å². The van der Waals surface area contributed by atoms with Gasteiger partial charge in [0.1, 0.15) is 5.75 Å². The van der Waals surface area contributed by atoms with E-state index in [1.54, 1.807) is 24.3 Å². The summed E-state index contributed by atoms with van der Waals surface area (Å²) in [5.74, 6) is -0.758. The highest BCUT2D eigenvalue weighted by atomic mass is 16.6. The third kappa shape index (κ3) is 4.97. The number of benzene rings is 4. The summed E-state index contributed by atoms with van der Waals surface area (Å²) in [6.07, 6.45) is 1.41. The number of hydrogen-bond donors (Lipinski definition) is 1. The molecule has 0 aliphatic rings. The van der Waals surface area contributed by atoms with E-state index in [0.717, 1.165) is 16.3 Å². The topological polar surface area (TPSA) is 111 Å². The molecule has 1 amide bonds. The number of ether oxygens (including phenoxy) is 1. The molecule has 0 atom stereocenters. The molecule has 8 nitrogen and oxygen atoms in total. The Morgan fingerprint density at radius 3 is 2.44 bits per heavy atom. The van der Waals surface area contributed by atoms with Crippen LogP contribution in [0, 0.1) is 17.0 Å². The lowest BCUT2D eigenvalue weighted by Gasteiger charge is -2.11. The minimum absolute atomic E-state index is 0.115. The lowest BCUT2D eigenvalue weighted by Crippen LogP contribution is -2.17. The zero-order valence-corrected chi connectivity index (χ0v) is 18.1. The molecule has 0 unspecified atom stereocenters. The largest absolute Gasteiger partial charge is 0.422 e. The second-order valence-corrected chi connectivity index (χ2v) is 7.46. The number of non-ortho nitro benzene ring substituents is 1. The van der Waals surface area contributed by atoms with Crippen molar-refractivity contribution in [1.82, 2.24) is 5.43 Å². The van der Waals surface area contributed by atoms with Crippen molar-refractivity contribution in [2.24, 2.45) is 5.10 Å². The van der Waals surface area contributed by atoms with Gasteiger partial charge in [0.2, 0.25) is 0 Å². The molecule has 0 fully saturated rings. The summed E-state index contributed by atoms with van der Waals surface area (Å²) < 4.78 is 5.67. The zero-order chi connectivity index (χ0) is 24.1. The Morgan fingerprint density at radius 1 is 0.941 bits per heavy atom. The van der Waals surface area contributed by atoms with E-state index >= 15 is 0 Å². The number of aryl methyl sites for hydroxylation is 1. The van der Waals surface area contributed by atoms with Crippen LogP contribution < -0.4 is 10.2 Å². The molecule has 0 saturated heterocycles.